The molecule has 0 aromatic carbocycles. The van der Waals surface area contributed by atoms with Crippen molar-refractivity contribution in [2.75, 3.05) is 6.61 Å². The van der Waals surface area contributed by atoms with Crippen LogP contribution in [0.25, 0.3) is 0 Å². The van der Waals surface area contributed by atoms with Crippen molar-refractivity contribution in [2.24, 2.45) is 0 Å². The first-order valence-corrected chi connectivity index (χ1v) is 7.95. The fraction of sp³-hybridized carbons (Fsp3) is 0.875. The summed E-state index contributed by atoms with van der Waals surface area (Å²) >= 11 is 0. The van der Waals surface area contributed by atoms with Crippen LogP contribution >= 0.6 is 0 Å². The highest BCUT2D eigenvalue weighted by atomic mass is 16.6. The number of rotatable bonds is 12. The molecule has 4 nitrogen and oxygen atoms in total. The van der Waals surface area contributed by atoms with Crippen LogP contribution in [0.1, 0.15) is 78.6 Å². The van der Waals surface area contributed by atoms with E-state index in [1.54, 1.807) is 6.92 Å². The normalized spacial score (nSPS) is 11.9. The van der Waals surface area contributed by atoms with Gasteiger partial charge in [0.1, 0.15) is 12.7 Å². The van der Waals surface area contributed by atoms with Crippen LogP contribution in [-0.2, 0) is 19.1 Å². The lowest BCUT2D eigenvalue weighted by Gasteiger charge is -2.13. The monoisotopic (exact) mass is 286 g/mol. The number of ether oxygens (including phenoxy) is 2. The molecule has 0 aliphatic heterocycles. The van der Waals surface area contributed by atoms with Crippen LogP contribution in [0.2, 0.25) is 0 Å². The molecule has 1 atom stereocenters. The average Bonchev–Trinajstić information content (AvgIpc) is 2.41. The van der Waals surface area contributed by atoms with Crippen LogP contribution in [0, 0.1) is 0 Å². The highest BCUT2D eigenvalue weighted by Crippen LogP contribution is 2.05. The predicted molar refractivity (Wildman–Crippen MR) is 79.4 cm³/mol. The number of hydrogen-bond acceptors (Lipinski definition) is 4. The Morgan fingerprint density at radius 1 is 0.850 bits per heavy atom. The fourth-order valence-corrected chi connectivity index (χ4v) is 1.82. The molecule has 0 aromatic heterocycles. The first kappa shape index (κ1) is 18.9. The molecule has 4 heteroatoms. The molecular weight excluding hydrogens is 256 g/mol. The van der Waals surface area contributed by atoms with Crippen molar-refractivity contribution in [1.29, 1.82) is 0 Å². The Labute approximate surface area is 123 Å². The van der Waals surface area contributed by atoms with Crippen molar-refractivity contribution in [3.05, 3.63) is 0 Å². The van der Waals surface area contributed by atoms with E-state index in [9.17, 15) is 9.59 Å². The van der Waals surface area contributed by atoms with E-state index in [0.717, 1.165) is 44.9 Å². The lowest BCUT2D eigenvalue weighted by Crippen LogP contribution is -2.22. The standard InChI is InChI=1S/C16H30O4/c1-4-6-8-10-11-15(17)19-13-14(3)20-16(18)12-9-7-5-2/h14H,4-13H2,1-3H3. The summed E-state index contributed by atoms with van der Waals surface area (Å²) in [5, 5.41) is 0. The largest absolute Gasteiger partial charge is 0.462 e. The van der Waals surface area contributed by atoms with Gasteiger partial charge in [-0.05, 0) is 19.8 Å². The zero-order chi connectivity index (χ0) is 15.2. The van der Waals surface area contributed by atoms with E-state index < -0.39 is 0 Å². The minimum Gasteiger partial charge on any atom is -0.462 e. The molecule has 0 aliphatic rings. The van der Waals surface area contributed by atoms with Gasteiger partial charge in [-0.2, -0.15) is 0 Å². The minimum atomic E-state index is -0.358. The molecule has 0 radical (unpaired) electrons. The second kappa shape index (κ2) is 12.9. The van der Waals surface area contributed by atoms with Gasteiger partial charge in [-0.25, -0.2) is 0 Å². The Hall–Kier alpha value is -1.06. The Balaban J connectivity index is 3.57. The molecule has 118 valence electrons. The molecule has 0 aliphatic carbocycles. The highest BCUT2D eigenvalue weighted by molar-refractivity contribution is 5.70. The number of esters is 2. The van der Waals surface area contributed by atoms with Gasteiger partial charge in [0.15, 0.2) is 0 Å². The summed E-state index contributed by atoms with van der Waals surface area (Å²) in [5.41, 5.74) is 0. The molecule has 0 amide bonds. The third kappa shape index (κ3) is 12.0. The van der Waals surface area contributed by atoms with E-state index >= 15 is 0 Å². The zero-order valence-corrected chi connectivity index (χ0v) is 13.3. The van der Waals surface area contributed by atoms with Crippen LogP contribution in [0.4, 0.5) is 0 Å². The molecule has 0 heterocycles. The fourth-order valence-electron chi connectivity index (χ4n) is 1.82. The van der Waals surface area contributed by atoms with Crippen LogP contribution in [0.3, 0.4) is 0 Å². The van der Waals surface area contributed by atoms with Gasteiger partial charge in [-0.3, -0.25) is 9.59 Å². The van der Waals surface area contributed by atoms with Crippen molar-refractivity contribution in [1.82, 2.24) is 0 Å². The quantitative estimate of drug-likeness (QED) is 0.402. The Kier molecular flexibility index (Phi) is 12.3. The summed E-state index contributed by atoms with van der Waals surface area (Å²) < 4.78 is 10.3. The minimum absolute atomic E-state index is 0.159. The molecule has 0 bridgehead atoms. The van der Waals surface area contributed by atoms with Gasteiger partial charge in [-0.1, -0.05) is 46.0 Å². The second-order valence-electron chi connectivity index (χ2n) is 5.25. The number of unbranched alkanes of at least 4 members (excludes halogenated alkanes) is 5. The Morgan fingerprint density at radius 3 is 2.05 bits per heavy atom. The topological polar surface area (TPSA) is 52.6 Å². The number of carbonyl (C=O) groups is 2. The maximum atomic E-state index is 11.5. The van der Waals surface area contributed by atoms with Crippen LogP contribution < -0.4 is 0 Å². The molecule has 0 saturated heterocycles. The zero-order valence-electron chi connectivity index (χ0n) is 13.3. The van der Waals surface area contributed by atoms with E-state index in [1.165, 1.54) is 0 Å². The molecule has 0 aromatic rings. The first-order valence-electron chi connectivity index (χ1n) is 7.95. The SMILES string of the molecule is CCCCCCC(=O)OCC(C)OC(=O)CCCCC. The second-order valence-corrected chi connectivity index (χ2v) is 5.25. The van der Waals surface area contributed by atoms with E-state index in [1.807, 2.05) is 0 Å². The predicted octanol–water partition coefficient (Wildman–Crippen LogP) is 4.01. The summed E-state index contributed by atoms with van der Waals surface area (Å²) in [6, 6.07) is 0. The maximum absolute atomic E-state index is 11.5. The van der Waals surface area contributed by atoms with Gasteiger partial charge in [-0.15, -0.1) is 0 Å². The van der Waals surface area contributed by atoms with Crippen LogP contribution in [0.15, 0.2) is 0 Å². The van der Waals surface area contributed by atoms with Gasteiger partial charge >= 0.3 is 11.9 Å². The van der Waals surface area contributed by atoms with E-state index in [4.69, 9.17) is 9.47 Å². The van der Waals surface area contributed by atoms with Crippen molar-refractivity contribution >= 4 is 11.9 Å². The van der Waals surface area contributed by atoms with E-state index in [0.29, 0.717) is 12.8 Å². The molecule has 1 unspecified atom stereocenters. The third-order valence-corrected chi connectivity index (χ3v) is 3.03. The molecule has 20 heavy (non-hydrogen) atoms. The Bertz CT molecular complexity index is 263. The lowest BCUT2D eigenvalue weighted by molar-refractivity contribution is -0.158. The van der Waals surface area contributed by atoms with Gasteiger partial charge in [0, 0.05) is 12.8 Å². The van der Waals surface area contributed by atoms with Crippen molar-refractivity contribution in [2.45, 2.75) is 84.7 Å². The van der Waals surface area contributed by atoms with Gasteiger partial charge in [0.25, 0.3) is 0 Å². The molecular formula is C16H30O4. The van der Waals surface area contributed by atoms with Gasteiger partial charge < -0.3 is 9.47 Å². The van der Waals surface area contributed by atoms with Crippen LogP contribution in [-0.4, -0.2) is 24.6 Å². The first-order chi connectivity index (χ1) is 9.60. The van der Waals surface area contributed by atoms with E-state index in [-0.39, 0.29) is 24.6 Å². The number of hydrogen-bond donors (Lipinski definition) is 0. The molecule has 0 fully saturated rings. The smallest absolute Gasteiger partial charge is 0.306 e. The lowest BCUT2D eigenvalue weighted by atomic mass is 10.2. The summed E-state index contributed by atoms with van der Waals surface area (Å²) in [4.78, 5) is 22.9. The highest BCUT2D eigenvalue weighted by Gasteiger charge is 2.11. The maximum Gasteiger partial charge on any atom is 0.306 e. The van der Waals surface area contributed by atoms with Gasteiger partial charge in [0.2, 0.25) is 0 Å². The summed E-state index contributed by atoms with van der Waals surface area (Å²) in [6.45, 7) is 6.14. The summed E-state index contributed by atoms with van der Waals surface area (Å²) in [7, 11) is 0. The van der Waals surface area contributed by atoms with Crippen LogP contribution in [0.5, 0.6) is 0 Å². The summed E-state index contributed by atoms with van der Waals surface area (Å²) in [5.74, 6) is -0.403. The Morgan fingerprint density at radius 2 is 1.40 bits per heavy atom. The number of carbonyl (C=O) groups excluding carboxylic acids is 2. The average molecular weight is 286 g/mol. The molecule has 0 N–H and O–H groups in total. The molecule has 0 rings (SSSR count). The molecule has 0 spiro atoms. The van der Waals surface area contributed by atoms with Crippen molar-refractivity contribution in [3.63, 3.8) is 0 Å². The van der Waals surface area contributed by atoms with E-state index in [2.05, 4.69) is 13.8 Å². The summed E-state index contributed by atoms with van der Waals surface area (Å²) in [6.07, 6.45) is 7.77. The van der Waals surface area contributed by atoms with Gasteiger partial charge in [0.05, 0.1) is 0 Å². The molecule has 0 saturated carbocycles. The van der Waals surface area contributed by atoms with Crippen molar-refractivity contribution in [3.8, 4) is 0 Å². The third-order valence-electron chi connectivity index (χ3n) is 3.03. The van der Waals surface area contributed by atoms with Crippen molar-refractivity contribution < 1.29 is 19.1 Å².